The van der Waals surface area contributed by atoms with E-state index < -0.39 is 17.4 Å². The normalized spacial score (nSPS) is 17.5. The minimum atomic E-state index is -1.48. The number of esters is 3. The number of benzene rings is 2. The summed E-state index contributed by atoms with van der Waals surface area (Å²) in [5, 5.41) is 0. The van der Waals surface area contributed by atoms with Crippen LogP contribution in [0.4, 0.5) is 0 Å². The first-order valence-electron chi connectivity index (χ1n) is 11.4. The molecule has 0 N–H and O–H groups in total. The minimum absolute atomic E-state index is 0.0744. The number of carbonyl (C=O) groups excluding carboxylic acids is 3. The molecule has 0 saturated carbocycles. The zero-order valence-electron chi connectivity index (χ0n) is 19.2. The molecule has 6 heteroatoms. The van der Waals surface area contributed by atoms with Crippen LogP contribution in [-0.4, -0.2) is 37.7 Å². The maximum Gasteiger partial charge on any atom is 0.338 e. The van der Waals surface area contributed by atoms with Crippen LogP contribution in [0.1, 0.15) is 48.7 Å². The molecular weight excluding hydrogens is 420 g/mol. The SMILES string of the molecule is CCOC(=O)c1ccc2c(c1)-c1ccccc1CC1CC(C(=O)OCC)(C(=O)OCC)C=C21. The molecular formula is C27H28O6. The van der Waals surface area contributed by atoms with Gasteiger partial charge in [0.1, 0.15) is 0 Å². The molecule has 33 heavy (non-hydrogen) atoms. The predicted octanol–water partition coefficient (Wildman–Crippen LogP) is 4.60. The summed E-state index contributed by atoms with van der Waals surface area (Å²) in [5.41, 5.74) is 3.79. The van der Waals surface area contributed by atoms with Gasteiger partial charge in [-0.25, -0.2) is 4.79 Å². The van der Waals surface area contributed by atoms with Gasteiger partial charge in [0.05, 0.1) is 25.4 Å². The van der Waals surface area contributed by atoms with Crippen LogP contribution < -0.4 is 0 Å². The Morgan fingerprint density at radius 1 is 0.848 bits per heavy atom. The zero-order chi connectivity index (χ0) is 23.6. The standard InChI is InChI=1S/C27H28O6/c1-4-31-24(28)18-11-12-21-22(14-18)20-10-8-7-9-17(20)13-19-15-27(16-23(19)21,25(29)32-5-2)26(30)33-6-3/h7-12,14,16,19H,4-6,13,15H2,1-3H3. The van der Waals surface area contributed by atoms with Gasteiger partial charge in [-0.3, -0.25) is 9.59 Å². The fourth-order valence-electron chi connectivity index (χ4n) is 4.89. The molecule has 0 radical (unpaired) electrons. The summed E-state index contributed by atoms with van der Waals surface area (Å²) >= 11 is 0. The molecule has 1 atom stereocenters. The summed E-state index contributed by atoms with van der Waals surface area (Å²) in [6, 6.07) is 13.5. The molecule has 2 aromatic rings. The molecule has 2 aromatic carbocycles. The second-order valence-corrected chi connectivity index (χ2v) is 8.26. The molecule has 0 bridgehead atoms. The van der Waals surface area contributed by atoms with Crippen molar-refractivity contribution in [2.45, 2.75) is 33.6 Å². The Morgan fingerprint density at radius 3 is 2.18 bits per heavy atom. The molecule has 0 aliphatic heterocycles. The molecule has 1 unspecified atom stereocenters. The van der Waals surface area contributed by atoms with E-state index in [1.807, 2.05) is 36.4 Å². The number of ether oxygens (including phenoxy) is 3. The molecule has 0 aromatic heterocycles. The number of rotatable bonds is 6. The molecule has 2 aliphatic carbocycles. The summed E-state index contributed by atoms with van der Waals surface area (Å²) in [4.78, 5) is 38.5. The predicted molar refractivity (Wildman–Crippen MR) is 123 cm³/mol. The number of hydrogen-bond acceptors (Lipinski definition) is 6. The first kappa shape index (κ1) is 22.8. The van der Waals surface area contributed by atoms with Gasteiger partial charge in [0.25, 0.3) is 0 Å². The molecule has 0 heterocycles. The van der Waals surface area contributed by atoms with E-state index in [2.05, 4.69) is 0 Å². The molecule has 0 spiro atoms. The van der Waals surface area contributed by atoms with Crippen molar-refractivity contribution in [1.82, 2.24) is 0 Å². The second kappa shape index (κ2) is 9.22. The summed E-state index contributed by atoms with van der Waals surface area (Å²) in [6.45, 7) is 5.86. The highest BCUT2D eigenvalue weighted by molar-refractivity contribution is 6.06. The van der Waals surface area contributed by atoms with Crippen LogP contribution >= 0.6 is 0 Å². The van der Waals surface area contributed by atoms with Crippen molar-refractivity contribution >= 4 is 23.5 Å². The molecule has 0 amide bonds. The van der Waals surface area contributed by atoms with Crippen molar-refractivity contribution in [1.29, 1.82) is 0 Å². The largest absolute Gasteiger partial charge is 0.465 e. The number of fused-ring (bicyclic) bond motifs is 5. The van der Waals surface area contributed by atoms with Crippen molar-refractivity contribution < 1.29 is 28.6 Å². The van der Waals surface area contributed by atoms with Gasteiger partial charge in [-0.1, -0.05) is 36.4 Å². The summed E-state index contributed by atoms with van der Waals surface area (Å²) in [7, 11) is 0. The number of allylic oxidation sites excluding steroid dienone is 1. The highest BCUT2D eigenvalue weighted by Gasteiger charge is 2.54. The van der Waals surface area contributed by atoms with E-state index in [0.717, 1.165) is 27.8 Å². The van der Waals surface area contributed by atoms with Crippen LogP contribution in [0.2, 0.25) is 0 Å². The maximum atomic E-state index is 13.1. The van der Waals surface area contributed by atoms with Crippen LogP contribution in [0.15, 0.2) is 48.5 Å². The lowest BCUT2D eigenvalue weighted by atomic mass is 9.83. The van der Waals surface area contributed by atoms with Gasteiger partial charge in [0.2, 0.25) is 0 Å². The Labute approximate surface area is 193 Å². The van der Waals surface area contributed by atoms with Gasteiger partial charge in [0, 0.05) is 0 Å². The van der Waals surface area contributed by atoms with E-state index in [0.29, 0.717) is 18.6 Å². The fourth-order valence-corrected chi connectivity index (χ4v) is 4.89. The van der Waals surface area contributed by atoms with Crippen LogP contribution in [-0.2, 0) is 30.2 Å². The molecule has 172 valence electrons. The highest BCUT2D eigenvalue weighted by atomic mass is 16.6. The first-order valence-corrected chi connectivity index (χ1v) is 11.4. The van der Waals surface area contributed by atoms with Gasteiger partial charge < -0.3 is 14.2 Å². The third-order valence-electron chi connectivity index (χ3n) is 6.31. The van der Waals surface area contributed by atoms with Gasteiger partial charge >= 0.3 is 17.9 Å². The maximum absolute atomic E-state index is 13.1. The van der Waals surface area contributed by atoms with Crippen LogP contribution in [0, 0.1) is 11.3 Å². The molecule has 4 rings (SSSR count). The summed E-state index contributed by atoms with van der Waals surface area (Å²) < 4.78 is 15.8. The zero-order valence-corrected chi connectivity index (χ0v) is 19.2. The molecule has 0 saturated heterocycles. The molecule has 0 fully saturated rings. The lowest BCUT2D eigenvalue weighted by molar-refractivity contribution is -0.168. The topological polar surface area (TPSA) is 78.9 Å². The van der Waals surface area contributed by atoms with Crippen molar-refractivity contribution in [3.05, 3.63) is 65.2 Å². The third-order valence-corrected chi connectivity index (χ3v) is 6.31. The first-order chi connectivity index (χ1) is 15.9. The average Bonchev–Trinajstić information content (AvgIpc) is 3.14. The van der Waals surface area contributed by atoms with Gasteiger partial charge in [-0.15, -0.1) is 0 Å². The van der Waals surface area contributed by atoms with E-state index >= 15 is 0 Å². The van der Waals surface area contributed by atoms with Crippen LogP contribution in [0.25, 0.3) is 16.7 Å². The van der Waals surface area contributed by atoms with E-state index in [1.54, 1.807) is 32.9 Å². The van der Waals surface area contributed by atoms with Crippen molar-refractivity contribution in [3.8, 4) is 11.1 Å². The number of carbonyl (C=O) groups is 3. The quantitative estimate of drug-likeness (QED) is 0.365. The highest BCUT2D eigenvalue weighted by Crippen LogP contribution is 2.52. The number of hydrogen-bond donors (Lipinski definition) is 0. The van der Waals surface area contributed by atoms with E-state index in [9.17, 15) is 14.4 Å². The van der Waals surface area contributed by atoms with E-state index in [-0.39, 0.29) is 31.5 Å². The van der Waals surface area contributed by atoms with Gasteiger partial charge in [-0.05, 0) is 79.5 Å². The fraction of sp³-hybridized carbons (Fsp3) is 0.370. The van der Waals surface area contributed by atoms with Crippen molar-refractivity contribution in [2.24, 2.45) is 11.3 Å². The van der Waals surface area contributed by atoms with Crippen molar-refractivity contribution in [2.75, 3.05) is 19.8 Å². The van der Waals surface area contributed by atoms with E-state index in [1.165, 1.54) is 0 Å². The van der Waals surface area contributed by atoms with Crippen LogP contribution in [0.3, 0.4) is 0 Å². The van der Waals surface area contributed by atoms with Gasteiger partial charge in [0.15, 0.2) is 5.41 Å². The van der Waals surface area contributed by atoms with Crippen LogP contribution in [0.5, 0.6) is 0 Å². The summed E-state index contributed by atoms with van der Waals surface area (Å²) in [5.74, 6) is -1.62. The Morgan fingerprint density at radius 2 is 1.52 bits per heavy atom. The Kier molecular flexibility index (Phi) is 6.36. The minimum Gasteiger partial charge on any atom is -0.465 e. The average molecular weight is 449 g/mol. The van der Waals surface area contributed by atoms with Crippen molar-refractivity contribution in [3.63, 3.8) is 0 Å². The van der Waals surface area contributed by atoms with Gasteiger partial charge in [-0.2, -0.15) is 0 Å². The second-order valence-electron chi connectivity index (χ2n) is 8.26. The Bertz CT molecular complexity index is 1110. The Balaban J connectivity index is 1.90. The summed E-state index contributed by atoms with van der Waals surface area (Å²) in [6.07, 6.45) is 2.68. The third kappa shape index (κ3) is 3.94. The monoisotopic (exact) mass is 448 g/mol. The lowest BCUT2D eigenvalue weighted by Gasteiger charge is -2.24. The smallest absolute Gasteiger partial charge is 0.338 e. The Hall–Kier alpha value is -3.41. The molecule has 2 aliphatic rings. The lowest BCUT2D eigenvalue weighted by Crippen LogP contribution is -2.39. The van der Waals surface area contributed by atoms with E-state index in [4.69, 9.17) is 14.2 Å². The molecule has 6 nitrogen and oxygen atoms in total.